The number of carbonyl (C=O) groups excluding carboxylic acids is 1. The molecule has 0 aromatic heterocycles. The van der Waals surface area contributed by atoms with Crippen LogP contribution in [0.15, 0.2) is 30.9 Å². The highest BCUT2D eigenvalue weighted by atomic mass is 16.6. The van der Waals surface area contributed by atoms with Crippen LogP contribution >= 0.6 is 0 Å². The van der Waals surface area contributed by atoms with Crippen LogP contribution in [0.3, 0.4) is 0 Å². The second-order valence-electron chi connectivity index (χ2n) is 5.89. The number of hydrogen-bond donors (Lipinski definition) is 1. The summed E-state index contributed by atoms with van der Waals surface area (Å²) >= 11 is 0. The molecule has 6 heteroatoms. The van der Waals surface area contributed by atoms with Crippen molar-refractivity contribution < 1.29 is 14.5 Å². The molecule has 1 saturated carbocycles. The van der Waals surface area contributed by atoms with Gasteiger partial charge in [0.1, 0.15) is 12.3 Å². The molecule has 0 unspecified atom stereocenters. The van der Waals surface area contributed by atoms with Gasteiger partial charge in [-0.25, -0.2) is 4.79 Å². The third kappa shape index (κ3) is 4.31. The SMILES string of the molecule is C=CCOC(=O)c1ccc(N[C@@H]2CCCC[C@@H]2C)c([N+](=O)[O-])c1. The van der Waals surface area contributed by atoms with Gasteiger partial charge in [0, 0.05) is 12.1 Å². The Morgan fingerprint density at radius 2 is 2.22 bits per heavy atom. The molecule has 2 rings (SSSR count). The maximum absolute atomic E-state index is 11.8. The van der Waals surface area contributed by atoms with E-state index in [4.69, 9.17) is 4.74 Å². The van der Waals surface area contributed by atoms with Crippen LogP contribution in [0, 0.1) is 16.0 Å². The highest BCUT2D eigenvalue weighted by Crippen LogP contribution is 2.31. The molecule has 1 aromatic rings. The highest BCUT2D eigenvalue weighted by Gasteiger charge is 2.25. The van der Waals surface area contributed by atoms with E-state index in [0.717, 1.165) is 19.3 Å². The number of nitrogens with one attached hydrogen (secondary N) is 1. The molecule has 1 aromatic carbocycles. The second-order valence-corrected chi connectivity index (χ2v) is 5.89. The van der Waals surface area contributed by atoms with Crippen molar-refractivity contribution in [2.75, 3.05) is 11.9 Å². The third-order valence-corrected chi connectivity index (χ3v) is 4.21. The maximum Gasteiger partial charge on any atom is 0.338 e. The minimum absolute atomic E-state index is 0.0756. The zero-order valence-electron chi connectivity index (χ0n) is 13.3. The molecule has 1 fully saturated rings. The lowest BCUT2D eigenvalue weighted by molar-refractivity contribution is -0.384. The first kappa shape index (κ1) is 17.0. The lowest BCUT2D eigenvalue weighted by atomic mass is 9.86. The van der Waals surface area contributed by atoms with Gasteiger partial charge in [0.2, 0.25) is 0 Å². The van der Waals surface area contributed by atoms with Gasteiger partial charge >= 0.3 is 5.97 Å². The van der Waals surface area contributed by atoms with Crippen molar-refractivity contribution in [3.05, 3.63) is 46.5 Å². The summed E-state index contributed by atoms with van der Waals surface area (Å²) in [4.78, 5) is 22.7. The zero-order valence-corrected chi connectivity index (χ0v) is 13.3. The van der Waals surface area contributed by atoms with E-state index in [-0.39, 0.29) is 23.9 Å². The minimum atomic E-state index is -0.592. The monoisotopic (exact) mass is 318 g/mol. The van der Waals surface area contributed by atoms with E-state index in [2.05, 4.69) is 18.8 Å². The molecule has 1 aliphatic carbocycles. The number of nitro benzene ring substituents is 1. The van der Waals surface area contributed by atoms with Crippen molar-refractivity contribution in [2.24, 2.45) is 5.92 Å². The molecule has 1 aliphatic rings. The summed E-state index contributed by atoms with van der Waals surface area (Å²) in [6, 6.07) is 4.63. The molecule has 0 radical (unpaired) electrons. The van der Waals surface area contributed by atoms with Gasteiger partial charge in [0.25, 0.3) is 5.69 Å². The van der Waals surface area contributed by atoms with Crippen LogP contribution in [0.25, 0.3) is 0 Å². The van der Waals surface area contributed by atoms with E-state index in [0.29, 0.717) is 11.6 Å². The maximum atomic E-state index is 11.8. The van der Waals surface area contributed by atoms with Gasteiger partial charge in [0.15, 0.2) is 0 Å². The number of carbonyl (C=O) groups is 1. The first-order valence-electron chi connectivity index (χ1n) is 7.86. The molecular formula is C17H22N2O4. The van der Waals surface area contributed by atoms with E-state index in [1.165, 1.54) is 18.6 Å². The molecule has 23 heavy (non-hydrogen) atoms. The minimum Gasteiger partial charge on any atom is -0.458 e. The smallest absolute Gasteiger partial charge is 0.338 e. The van der Waals surface area contributed by atoms with Crippen molar-refractivity contribution in [1.29, 1.82) is 0 Å². The van der Waals surface area contributed by atoms with Gasteiger partial charge in [-0.3, -0.25) is 10.1 Å². The number of esters is 1. The molecule has 0 spiro atoms. The van der Waals surface area contributed by atoms with Gasteiger partial charge in [-0.1, -0.05) is 32.4 Å². The number of nitrogens with zero attached hydrogens (tertiary/aromatic N) is 1. The predicted molar refractivity (Wildman–Crippen MR) is 88.6 cm³/mol. The van der Waals surface area contributed by atoms with Crippen molar-refractivity contribution in [3.8, 4) is 0 Å². The van der Waals surface area contributed by atoms with Gasteiger partial charge in [-0.15, -0.1) is 0 Å². The topological polar surface area (TPSA) is 81.5 Å². The number of nitro groups is 1. The van der Waals surface area contributed by atoms with Gasteiger partial charge in [-0.05, 0) is 30.9 Å². The average molecular weight is 318 g/mol. The van der Waals surface area contributed by atoms with E-state index in [1.54, 1.807) is 12.1 Å². The van der Waals surface area contributed by atoms with Gasteiger partial charge in [0.05, 0.1) is 10.5 Å². The molecular weight excluding hydrogens is 296 g/mol. The summed E-state index contributed by atoms with van der Waals surface area (Å²) in [6.45, 7) is 5.69. The summed E-state index contributed by atoms with van der Waals surface area (Å²) in [7, 11) is 0. The van der Waals surface area contributed by atoms with E-state index in [9.17, 15) is 14.9 Å². The van der Waals surface area contributed by atoms with Crippen molar-refractivity contribution in [1.82, 2.24) is 0 Å². The Kier molecular flexibility index (Phi) is 5.73. The summed E-state index contributed by atoms with van der Waals surface area (Å²) in [6.07, 6.45) is 5.91. The normalized spacial score (nSPS) is 20.6. The van der Waals surface area contributed by atoms with Crippen molar-refractivity contribution in [2.45, 2.75) is 38.6 Å². The first-order chi connectivity index (χ1) is 11.0. The summed E-state index contributed by atoms with van der Waals surface area (Å²) in [5, 5.41) is 14.6. The zero-order chi connectivity index (χ0) is 16.8. The Bertz CT molecular complexity index is 600. The lowest BCUT2D eigenvalue weighted by Gasteiger charge is -2.30. The molecule has 124 valence electrons. The first-order valence-corrected chi connectivity index (χ1v) is 7.86. The molecule has 0 aliphatic heterocycles. The van der Waals surface area contributed by atoms with E-state index >= 15 is 0 Å². The Balaban J connectivity index is 2.20. The van der Waals surface area contributed by atoms with Gasteiger partial charge < -0.3 is 10.1 Å². The highest BCUT2D eigenvalue weighted by molar-refractivity contribution is 5.91. The molecule has 1 N–H and O–H groups in total. The lowest BCUT2D eigenvalue weighted by Crippen LogP contribution is -2.30. The Morgan fingerprint density at radius 3 is 2.87 bits per heavy atom. The largest absolute Gasteiger partial charge is 0.458 e. The molecule has 0 amide bonds. The van der Waals surface area contributed by atoms with E-state index < -0.39 is 10.9 Å². The van der Waals surface area contributed by atoms with Gasteiger partial charge in [-0.2, -0.15) is 0 Å². The number of hydrogen-bond acceptors (Lipinski definition) is 5. The van der Waals surface area contributed by atoms with Crippen LogP contribution in [0.4, 0.5) is 11.4 Å². The quantitative estimate of drug-likeness (QED) is 0.372. The predicted octanol–water partition coefficient (Wildman–Crippen LogP) is 3.93. The summed E-state index contributed by atoms with van der Waals surface area (Å²) in [5.74, 6) is -0.119. The fraction of sp³-hybridized carbons (Fsp3) is 0.471. The third-order valence-electron chi connectivity index (χ3n) is 4.21. The number of benzene rings is 1. The number of ether oxygens (including phenoxy) is 1. The molecule has 0 bridgehead atoms. The number of anilines is 1. The summed E-state index contributed by atoms with van der Waals surface area (Å²) < 4.78 is 4.92. The molecule has 2 atom stereocenters. The molecule has 0 saturated heterocycles. The van der Waals surface area contributed by atoms with Crippen LogP contribution in [0.1, 0.15) is 43.0 Å². The van der Waals surface area contributed by atoms with Crippen LogP contribution in [-0.2, 0) is 4.74 Å². The van der Waals surface area contributed by atoms with Crippen LogP contribution in [0.2, 0.25) is 0 Å². The molecule has 6 nitrogen and oxygen atoms in total. The Hall–Kier alpha value is -2.37. The van der Waals surface area contributed by atoms with Crippen molar-refractivity contribution in [3.63, 3.8) is 0 Å². The summed E-state index contributed by atoms with van der Waals surface area (Å²) in [5.41, 5.74) is 0.519. The van der Waals surface area contributed by atoms with Crippen molar-refractivity contribution >= 4 is 17.3 Å². The Labute approximate surface area is 135 Å². The Morgan fingerprint density at radius 1 is 1.48 bits per heavy atom. The average Bonchev–Trinajstić information content (AvgIpc) is 2.54. The number of rotatable bonds is 6. The van der Waals surface area contributed by atoms with Crippen LogP contribution in [-0.4, -0.2) is 23.5 Å². The van der Waals surface area contributed by atoms with Crippen LogP contribution < -0.4 is 5.32 Å². The fourth-order valence-corrected chi connectivity index (χ4v) is 2.88. The molecule has 0 heterocycles. The fourth-order valence-electron chi connectivity index (χ4n) is 2.88. The van der Waals surface area contributed by atoms with E-state index in [1.807, 2.05) is 0 Å². The van der Waals surface area contributed by atoms with Crippen LogP contribution in [0.5, 0.6) is 0 Å². The standard InChI is InChI=1S/C17H22N2O4/c1-3-10-23-17(20)13-8-9-15(16(11-13)19(21)22)18-14-7-5-4-6-12(14)2/h3,8-9,11-12,14,18H,1,4-7,10H2,2H3/t12-,14+/m0/s1. The second kappa shape index (κ2) is 7.76.